The molecule has 1 aliphatic rings. The summed E-state index contributed by atoms with van der Waals surface area (Å²) < 4.78 is 8.06. The molecule has 0 aliphatic carbocycles. The summed E-state index contributed by atoms with van der Waals surface area (Å²) in [5, 5.41) is -0.0295. The molecule has 0 saturated heterocycles. The second-order valence-electron chi connectivity index (χ2n) is 6.24. The summed E-state index contributed by atoms with van der Waals surface area (Å²) in [6, 6.07) is 13.6. The van der Waals surface area contributed by atoms with Crippen LogP contribution in [0.1, 0.15) is 43.4 Å². The molecule has 1 unspecified atom stereocenters. The number of nitrogens with zero attached hydrogens (tertiary/aromatic N) is 1. The number of hydrogen-bond donors (Lipinski definition) is 0. The number of hydrogen-bond acceptors (Lipinski definition) is 2. The molecule has 1 aliphatic heterocycles. The molecule has 0 N–H and O–H groups in total. The summed E-state index contributed by atoms with van der Waals surface area (Å²) in [5.41, 5.74) is 2.91. The van der Waals surface area contributed by atoms with Crippen molar-refractivity contribution < 1.29 is 9.53 Å². The molecule has 3 rings (SSSR count). The minimum atomic E-state index is -2.62. The van der Waals surface area contributed by atoms with Crippen molar-refractivity contribution in [3.8, 4) is 11.5 Å². The van der Waals surface area contributed by atoms with Crippen molar-refractivity contribution in [1.82, 2.24) is 4.67 Å². The molecule has 0 spiro atoms. The second-order valence-corrected chi connectivity index (χ2v) is 15.0. The standard InChI is InChI=1S/C20H23Cl2NO2PS/c1-4-14-10-9-13-17-18(14)19(15-11-7-8-12-16(15)25-17)20(24)27-26(21,22)23(5-2)6-3/h7-13,19H,4-6H2,1-3H3/q+1. The van der Waals surface area contributed by atoms with Gasteiger partial charge in [-0.1, -0.05) is 51.1 Å². The number of carbonyl (C=O) groups is 1. The second kappa shape index (κ2) is 8.63. The number of para-hydroxylation sites is 1. The smallest absolute Gasteiger partial charge is 0.415 e. The highest BCUT2D eigenvalue weighted by atomic mass is 35.9. The number of carbonyl (C=O) groups excluding carboxylic acids is 1. The van der Waals surface area contributed by atoms with E-state index in [0.29, 0.717) is 18.8 Å². The maximum atomic E-state index is 13.5. The van der Waals surface area contributed by atoms with E-state index < -0.39 is 10.8 Å². The van der Waals surface area contributed by atoms with Gasteiger partial charge in [0.25, 0.3) is 10.9 Å². The van der Waals surface area contributed by atoms with Crippen LogP contribution in [0, 0.1) is 0 Å². The van der Waals surface area contributed by atoms with Crippen LogP contribution in [0.15, 0.2) is 42.5 Å². The number of aryl methyl sites for hydroxylation is 1. The van der Waals surface area contributed by atoms with E-state index in [1.165, 1.54) is 0 Å². The molecular formula is C20H23Cl2NO2PS+. The van der Waals surface area contributed by atoms with Gasteiger partial charge in [0.2, 0.25) is 0 Å². The van der Waals surface area contributed by atoms with Crippen LogP contribution >= 0.6 is 27.4 Å². The van der Waals surface area contributed by atoms with E-state index in [0.717, 1.165) is 39.8 Å². The highest BCUT2D eigenvalue weighted by molar-refractivity contribution is 8.47. The Kier molecular flexibility index (Phi) is 6.66. The van der Waals surface area contributed by atoms with Gasteiger partial charge in [0.1, 0.15) is 17.4 Å². The molecule has 1 heterocycles. The maximum absolute atomic E-state index is 13.5. The van der Waals surface area contributed by atoms with Gasteiger partial charge in [-0.3, -0.25) is 0 Å². The molecule has 2 aromatic carbocycles. The van der Waals surface area contributed by atoms with Crippen molar-refractivity contribution in [2.75, 3.05) is 13.1 Å². The predicted molar refractivity (Wildman–Crippen MR) is 118 cm³/mol. The molecule has 7 heteroatoms. The Bertz CT molecular complexity index is 909. The quantitative estimate of drug-likeness (QED) is 0.386. The van der Waals surface area contributed by atoms with Gasteiger partial charge in [-0.05, 0) is 46.6 Å². The normalized spacial score (nSPS) is 15.7. The van der Waals surface area contributed by atoms with E-state index in [9.17, 15) is 4.79 Å². The molecule has 27 heavy (non-hydrogen) atoms. The number of benzene rings is 2. The Morgan fingerprint density at radius 3 is 2.41 bits per heavy atom. The summed E-state index contributed by atoms with van der Waals surface area (Å²) in [5.74, 6) is 1.02. The zero-order chi connectivity index (χ0) is 19.6. The van der Waals surface area contributed by atoms with Crippen LogP contribution < -0.4 is 4.74 Å². The van der Waals surface area contributed by atoms with E-state index in [1.807, 2.05) is 54.9 Å². The summed E-state index contributed by atoms with van der Waals surface area (Å²) in [6.07, 6.45) is 0.821. The lowest BCUT2D eigenvalue weighted by Gasteiger charge is -2.26. The minimum absolute atomic E-state index is 0.0295. The van der Waals surface area contributed by atoms with Gasteiger partial charge >= 0.3 is 10.0 Å². The zero-order valence-electron chi connectivity index (χ0n) is 15.6. The first-order chi connectivity index (χ1) is 12.9. The Hall–Kier alpha value is -0.900. The molecular weight excluding hydrogens is 420 g/mol. The zero-order valence-corrected chi connectivity index (χ0v) is 18.8. The highest BCUT2D eigenvalue weighted by Crippen LogP contribution is 2.62. The van der Waals surface area contributed by atoms with Gasteiger partial charge in [-0.2, -0.15) is 0 Å². The van der Waals surface area contributed by atoms with Crippen LogP contribution in [0.5, 0.6) is 11.5 Å². The summed E-state index contributed by atoms with van der Waals surface area (Å²) in [6.45, 7) is 7.50. The van der Waals surface area contributed by atoms with Crippen LogP contribution in [0.2, 0.25) is 0 Å². The third kappa shape index (κ3) is 4.11. The largest absolute Gasteiger partial charge is 0.457 e. The van der Waals surface area contributed by atoms with Crippen LogP contribution in [0.25, 0.3) is 0 Å². The van der Waals surface area contributed by atoms with Crippen molar-refractivity contribution in [2.45, 2.75) is 33.1 Å². The lowest BCUT2D eigenvalue weighted by Crippen LogP contribution is -2.21. The fourth-order valence-electron chi connectivity index (χ4n) is 3.42. The highest BCUT2D eigenvalue weighted by Gasteiger charge is 2.43. The van der Waals surface area contributed by atoms with Crippen LogP contribution in [0.3, 0.4) is 0 Å². The SMILES string of the molecule is CCc1cccc2c1C(C(=O)[S+]=P(Cl)(Cl)N(CC)CC)c1ccccc1O2. The first-order valence-corrected chi connectivity index (χ1v) is 14.1. The summed E-state index contributed by atoms with van der Waals surface area (Å²) in [4.78, 5) is 10.9. The van der Waals surface area contributed by atoms with E-state index >= 15 is 0 Å². The number of ether oxygens (including phenoxy) is 1. The lowest BCUT2D eigenvalue weighted by atomic mass is 9.85. The van der Waals surface area contributed by atoms with E-state index in [4.69, 9.17) is 27.2 Å². The Morgan fingerprint density at radius 2 is 1.74 bits per heavy atom. The number of fused-ring (bicyclic) bond motifs is 2. The van der Waals surface area contributed by atoms with E-state index in [1.54, 1.807) is 0 Å². The average Bonchev–Trinajstić information content (AvgIpc) is 2.65. The van der Waals surface area contributed by atoms with Gasteiger partial charge in [0.05, 0.1) is 0 Å². The van der Waals surface area contributed by atoms with Crippen molar-refractivity contribution in [3.05, 3.63) is 59.2 Å². The lowest BCUT2D eigenvalue weighted by molar-refractivity contribution is -0.111. The van der Waals surface area contributed by atoms with Crippen molar-refractivity contribution in [1.29, 1.82) is 0 Å². The van der Waals surface area contributed by atoms with Crippen molar-refractivity contribution in [2.24, 2.45) is 0 Å². The first kappa shape index (κ1) is 20.8. The van der Waals surface area contributed by atoms with E-state index in [-0.39, 0.29) is 5.12 Å². The Balaban J connectivity index is 2.16. The third-order valence-corrected chi connectivity index (χ3v) is 11.0. The predicted octanol–water partition coefficient (Wildman–Crippen LogP) is 6.59. The molecule has 144 valence electrons. The summed E-state index contributed by atoms with van der Waals surface area (Å²) in [7, 11) is 1.09. The monoisotopic (exact) mass is 442 g/mol. The maximum Gasteiger partial charge on any atom is 0.415 e. The Labute approximate surface area is 174 Å². The molecule has 0 bridgehead atoms. The third-order valence-electron chi connectivity index (χ3n) is 4.77. The molecule has 0 saturated carbocycles. The fourth-order valence-corrected chi connectivity index (χ4v) is 9.27. The van der Waals surface area contributed by atoms with Gasteiger partial charge < -0.3 is 4.74 Å². The van der Waals surface area contributed by atoms with Gasteiger partial charge in [0.15, 0.2) is 0 Å². The minimum Gasteiger partial charge on any atom is -0.457 e. The Morgan fingerprint density at radius 1 is 1.07 bits per heavy atom. The van der Waals surface area contributed by atoms with Gasteiger partial charge in [-0.25, -0.2) is 9.46 Å². The van der Waals surface area contributed by atoms with E-state index in [2.05, 4.69) is 13.0 Å². The number of halogens is 2. The van der Waals surface area contributed by atoms with Crippen molar-refractivity contribution >= 4 is 43.4 Å². The molecule has 2 aromatic rings. The van der Waals surface area contributed by atoms with Crippen LogP contribution in [-0.2, 0) is 22.2 Å². The average molecular weight is 443 g/mol. The molecule has 3 nitrogen and oxygen atoms in total. The fraction of sp³-hybridized carbons (Fsp3) is 0.350. The topological polar surface area (TPSA) is 29.5 Å². The summed E-state index contributed by atoms with van der Waals surface area (Å²) >= 11 is 13.3. The van der Waals surface area contributed by atoms with Crippen LogP contribution in [0.4, 0.5) is 0 Å². The van der Waals surface area contributed by atoms with Gasteiger partial charge in [-0.15, -0.1) is 0 Å². The molecule has 0 fully saturated rings. The number of rotatable bonds is 5. The molecule has 0 amide bonds. The molecule has 0 aromatic heterocycles. The van der Waals surface area contributed by atoms with Crippen molar-refractivity contribution in [3.63, 3.8) is 0 Å². The molecule has 1 atom stereocenters. The molecule has 0 radical (unpaired) electrons. The van der Waals surface area contributed by atoms with Gasteiger partial charge in [0, 0.05) is 24.2 Å². The first-order valence-electron chi connectivity index (χ1n) is 9.08. The van der Waals surface area contributed by atoms with Crippen LogP contribution in [-0.4, -0.2) is 22.9 Å².